The van der Waals surface area contributed by atoms with Gasteiger partial charge >= 0.3 is 5.97 Å². The molecule has 1 saturated heterocycles. The fourth-order valence-electron chi connectivity index (χ4n) is 4.51. The third-order valence-electron chi connectivity index (χ3n) is 6.48. The van der Waals surface area contributed by atoms with Gasteiger partial charge < -0.3 is 19.1 Å². The van der Waals surface area contributed by atoms with Gasteiger partial charge in [0.15, 0.2) is 11.5 Å². The van der Waals surface area contributed by atoms with Gasteiger partial charge in [0.05, 0.1) is 24.3 Å². The summed E-state index contributed by atoms with van der Waals surface area (Å²) in [5.74, 6) is -0.642. The van der Waals surface area contributed by atoms with Crippen LogP contribution in [0.3, 0.4) is 0 Å². The van der Waals surface area contributed by atoms with Gasteiger partial charge in [-0.15, -0.1) is 0 Å². The van der Waals surface area contributed by atoms with Gasteiger partial charge in [0.2, 0.25) is 12.7 Å². The highest BCUT2D eigenvalue weighted by Crippen LogP contribution is 2.34. The van der Waals surface area contributed by atoms with Gasteiger partial charge in [-0.25, -0.2) is 9.69 Å². The highest BCUT2D eigenvalue weighted by atomic mass is 16.7. The number of fused-ring (bicyclic) bond motifs is 1. The molecule has 3 aromatic rings. The van der Waals surface area contributed by atoms with Gasteiger partial charge in [-0.05, 0) is 67.9 Å². The predicted molar refractivity (Wildman–Crippen MR) is 137 cm³/mol. The Morgan fingerprint density at radius 2 is 1.63 bits per heavy atom. The first kappa shape index (κ1) is 25.0. The first-order chi connectivity index (χ1) is 18.4. The van der Waals surface area contributed by atoms with Crippen LogP contribution in [0.5, 0.6) is 11.5 Å². The molecule has 5 rings (SSSR count). The topological polar surface area (TPSA) is 102 Å². The number of hydrogen-bond donors (Lipinski definition) is 0. The summed E-state index contributed by atoms with van der Waals surface area (Å²) in [5, 5.41) is 0. The molecule has 38 heavy (non-hydrogen) atoms. The zero-order valence-corrected chi connectivity index (χ0v) is 21.0. The average Bonchev–Trinajstić information content (AvgIpc) is 3.50. The molecule has 3 aromatic carbocycles. The van der Waals surface area contributed by atoms with Gasteiger partial charge in [0, 0.05) is 12.1 Å². The Bertz CT molecular complexity index is 1400. The summed E-state index contributed by atoms with van der Waals surface area (Å²) in [7, 11) is 0. The van der Waals surface area contributed by atoms with E-state index in [9.17, 15) is 19.2 Å². The van der Waals surface area contributed by atoms with Crippen molar-refractivity contribution < 1.29 is 33.4 Å². The third-order valence-corrected chi connectivity index (χ3v) is 6.48. The van der Waals surface area contributed by atoms with Gasteiger partial charge in [-0.3, -0.25) is 14.4 Å². The number of rotatable bonds is 7. The molecular formula is C29H26N2O7. The van der Waals surface area contributed by atoms with Crippen LogP contribution in [0.4, 0.5) is 5.69 Å². The Balaban J connectivity index is 1.44. The monoisotopic (exact) mass is 514 g/mol. The number of nitrogens with zero attached hydrogens (tertiary/aromatic N) is 2. The number of amides is 3. The van der Waals surface area contributed by atoms with Crippen LogP contribution in [0.25, 0.3) is 0 Å². The molecule has 0 aromatic heterocycles. The van der Waals surface area contributed by atoms with E-state index in [0.717, 1.165) is 16.0 Å². The number of imide groups is 1. The van der Waals surface area contributed by atoms with Crippen molar-refractivity contribution in [2.45, 2.75) is 32.9 Å². The van der Waals surface area contributed by atoms with Gasteiger partial charge in [-0.1, -0.05) is 23.8 Å². The maximum atomic E-state index is 13.7. The van der Waals surface area contributed by atoms with Crippen molar-refractivity contribution in [2.75, 3.05) is 18.3 Å². The zero-order chi connectivity index (χ0) is 26.8. The van der Waals surface area contributed by atoms with E-state index >= 15 is 0 Å². The molecule has 194 valence electrons. The first-order valence-electron chi connectivity index (χ1n) is 12.3. The van der Waals surface area contributed by atoms with Crippen LogP contribution in [0, 0.1) is 6.92 Å². The number of anilines is 1. The second-order valence-electron chi connectivity index (χ2n) is 9.04. The average molecular weight is 515 g/mol. The predicted octanol–water partition coefficient (Wildman–Crippen LogP) is 3.87. The Morgan fingerprint density at radius 3 is 2.34 bits per heavy atom. The molecule has 0 N–H and O–H groups in total. The molecule has 1 fully saturated rings. The summed E-state index contributed by atoms with van der Waals surface area (Å²) in [6, 6.07) is 17.4. The van der Waals surface area contributed by atoms with Crippen molar-refractivity contribution in [1.29, 1.82) is 0 Å². The van der Waals surface area contributed by atoms with Gasteiger partial charge in [0.25, 0.3) is 11.8 Å². The quantitative estimate of drug-likeness (QED) is 0.348. The molecule has 1 unspecified atom stereocenters. The smallest absolute Gasteiger partial charge is 0.338 e. The Labute approximate surface area is 219 Å². The molecule has 0 bridgehead atoms. The Kier molecular flexibility index (Phi) is 6.83. The van der Waals surface area contributed by atoms with Crippen molar-refractivity contribution in [3.05, 3.63) is 89.0 Å². The number of carbonyl (C=O) groups excluding carboxylic acids is 4. The molecule has 2 aliphatic rings. The summed E-state index contributed by atoms with van der Waals surface area (Å²) >= 11 is 0. The lowest BCUT2D eigenvalue weighted by Crippen LogP contribution is -2.45. The normalized spacial score (nSPS) is 16.1. The summed E-state index contributed by atoms with van der Waals surface area (Å²) in [5.41, 5.74) is 2.76. The van der Waals surface area contributed by atoms with Crippen molar-refractivity contribution in [3.63, 3.8) is 0 Å². The second kappa shape index (κ2) is 10.4. The maximum Gasteiger partial charge on any atom is 0.338 e. The van der Waals surface area contributed by atoms with E-state index < -0.39 is 23.8 Å². The minimum atomic E-state index is -1.01. The van der Waals surface area contributed by atoms with Crippen molar-refractivity contribution in [2.24, 2.45) is 0 Å². The second-order valence-corrected chi connectivity index (χ2v) is 9.04. The summed E-state index contributed by atoms with van der Waals surface area (Å²) in [4.78, 5) is 54.9. The maximum absolute atomic E-state index is 13.7. The standard InChI is InChI=1S/C29H26N2O7/c1-3-36-29(35)21-9-11-22(12-10-21)31-26(32)15-23(28(31)34)30(27(33)20-7-4-18(2)5-8-20)16-19-6-13-24-25(14-19)38-17-37-24/h4-14,23H,3,15-17H2,1-2H3. The van der Waals surface area contributed by atoms with Crippen molar-refractivity contribution >= 4 is 29.4 Å². The summed E-state index contributed by atoms with van der Waals surface area (Å²) < 4.78 is 15.8. The number of aryl methyl sites for hydroxylation is 1. The zero-order valence-electron chi connectivity index (χ0n) is 21.0. The fraction of sp³-hybridized carbons (Fsp3) is 0.241. The van der Waals surface area contributed by atoms with E-state index in [1.54, 1.807) is 37.3 Å². The number of ether oxygens (including phenoxy) is 3. The van der Waals surface area contributed by atoms with Crippen LogP contribution < -0.4 is 14.4 Å². The molecule has 0 spiro atoms. The molecule has 2 heterocycles. The number of esters is 1. The SMILES string of the molecule is CCOC(=O)c1ccc(N2C(=O)CC(N(Cc3ccc4c(c3)OCO4)C(=O)c3ccc(C)cc3)C2=O)cc1. The van der Waals surface area contributed by atoms with Crippen LogP contribution in [0.2, 0.25) is 0 Å². The van der Waals surface area contributed by atoms with E-state index in [1.165, 1.54) is 29.2 Å². The highest BCUT2D eigenvalue weighted by Gasteiger charge is 2.44. The van der Waals surface area contributed by atoms with E-state index in [-0.39, 0.29) is 32.3 Å². The lowest BCUT2D eigenvalue weighted by atomic mass is 10.1. The fourth-order valence-corrected chi connectivity index (χ4v) is 4.51. The third kappa shape index (κ3) is 4.82. The molecule has 3 amide bonds. The highest BCUT2D eigenvalue weighted by molar-refractivity contribution is 6.23. The Hall–Kier alpha value is -4.66. The minimum Gasteiger partial charge on any atom is -0.462 e. The molecule has 0 saturated carbocycles. The molecule has 9 nitrogen and oxygen atoms in total. The largest absolute Gasteiger partial charge is 0.462 e. The molecule has 2 aliphatic heterocycles. The van der Waals surface area contributed by atoms with Crippen LogP contribution in [0.1, 0.15) is 45.2 Å². The molecule has 1 atom stereocenters. The van der Waals surface area contributed by atoms with E-state index in [2.05, 4.69) is 0 Å². The van der Waals surface area contributed by atoms with Crippen molar-refractivity contribution in [1.82, 2.24) is 4.90 Å². The minimum absolute atomic E-state index is 0.0860. The van der Waals surface area contributed by atoms with Crippen molar-refractivity contribution in [3.8, 4) is 11.5 Å². The van der Waals surface area contributed by atoms with Crippen LogP contribution in [-0.4, -0.2) is 48.0 Å². The van der Waals surface area contributed by atoms with Crippen LogP contribution in [0.15, 0.2) is 66.7 Å². The first-order valence-corrected chi connectivity index (χ1v) is 12.3. The van der Waals surface area contributed by atoms with Gasteiger partial charge in [-0.2, -0.15) is 0 Å². The van der Waals surface area contributed by atoms with Gasteiger partial charge in [0.1, 0.15) is 6.04 Å². The Morgan fingerprint density at radius 1 is 0.947 bits per heavy atom. The number of hydrogen-bond acceptors (Lipinski definition) is 7. The van der Waals surface area contributed by atoms with E-state index in [4.69, 9.17) is 14.2 Å². The molecule has 9 heteroatoms. The number of benzene rings is 3. The van der Waals surface area contributed by atoms with E-state index in [0.29, 0.717) is 28.3 Å². The van der Waals surface area contributed by atoms with Crippen LogP contribution in [-0.2, 0) is 20.9 Å². The molecule has 0 radical (unpaired) electrons. The number of carbonyl (C=O) groups is 4. The van der Waals surface area contributed by atoms with Crippen LogP contribution >= 0.6 is 0 Å². The lowest BCUT2D eigenvalue weighted by Gasteiger charge is -2.28. The lowest BCUT2D eigenvalue weighted by molar-refractivity contribution is -0.122. The summed E-state index contributed by atoms with van der Waals surface area (Å²) in [6.07, 6.45) is -0.166. The van der Waals surface area contributed by atoms with E-state index in [1.807, 2.05) is 19.1 Å². The molecular weight excluding hydrogens is 488 g/mol. The molecule has 0 aliphatic carbocycles. The summed E-state index contributed by atoms with van der Waals surface area (Å²) in [6.45, 7) is 4.07.